The highest BCUT2D eigenvalue weighted by molar-refractivity contribution is 5.20. The fourth-order valence-electron chi connectivity index (χ4n) is 2.61. The van der Waals surface area contributed by atoms with Crippen LogP contribution in [0.5, 0.6) is 0 Å². The van der Waals surface area contributed by atoms with Gasteiger partial charge in [0.2, 0.25) is 0 Å². The van der Waals surface area contributed by atoms with Crippen molar-refractivity contribution < 1.29 is 0 Å². The summed E-state index contributed by atoms with van der Waals surface area (Å²) < 4.78 is 0. The zero-order valence-electron chi connectivity index (χ0n) is 11.4. The molecule has 1 heteroatoms. The molecule has 1 heterocycles. The van der Waals surface area contributed by atoms with E-state index in [-0.39, 0.29) is 0 Å². The maximum Gasteiger partial charge on any atom is 0.00509 e. The molecule has 1 saturated heterocycles. The van der Waals surface area contributed by atoms with Crippen LogP contribution >= 0.6 is 0 Å². The lowest BCUT2D eigenvalue weighted by Gasteiger charge is -2.23. The molecule has 2 rings (SSSR count). The molecular formula is C16H25N. The third-order valence-electron chi connectivity index (χ3n) is 4.23. The fraction of sp³-hybridized carbons (Fsp3) is 0.625. The van der Waals surface area contributed by atoms with Gasteiger partial charge in [0.05, 0.1) is 0 Å². The largest absolute Gasteiger partial charge is 0.302 e. The van der Waals surface area contributed by atoms with Crippen molar-refractivity contribution in [3.05, 3.63) is 35.9 Å². The highest BCUT2D eigenvalue weighted by Crippen LogP contribution is 2.28. The average Bonchev–Trinajstić information content (AvgIpc) is 2.78. The smallest absolute Gasteiger partial charge is 0.00509 e. The van der Waals surface area contributed by atoms with Crippen molar-refractivity contribution in [3.8, 4) is 0 Å². The van der Waals surface area contributed by atoms with Crippen molar-refractivity contribution >= 4 is 0 Å². The lowest BCUT2D eigenvalue weighted by molar-refractivity contribution is 0.248. The van der Waals surface area contributed by atoms with Gasteiger partial charge in [-0.05, 0) is 36.3 Å². The lowest BCUT2D eigenvalue weighted by atomic mass is 9.97. The molecule has 1 aromatic rings. The standard InChI is InChI=1S/C16H25N/c1-13(2)14(3)11-17-10-9-16(12-17)15-7-5-4-6-8-15/h4-8,13-14,16H,9-12H2,1-3H3. The van der Waals surface area contributed by atoms with Gasteiger partial charge in [-0.15, -0.1) is 0 Å². The van der Waals surface area contributed by atoms with Crippen LogP contribution in [-0.4, -0.2) is 24.5 Å². The van der Waals surface area contributed by atoms with E-state index < -0.39 is 0 Å². The van der Waals surface area contributed by atoms with Crippen LogP contribution in [0.25, 0.3) is 0 Å². The first-order valence-corrected chi connectivity index (χ1v) is 6.94. The molecule has 0 aromatic heterocycles. The summed E-state index contributed by atoms with van der Waals surface area (Å²) in [5.74, 6) is 2.37. The quantitative estimate of drug-likeness (QED) is 0.762. The predicted octanol–water partition coefficient (Wildman–Crippen LogP) is 3.77. The first-order chi connectivity index (χ1) is 8.16. The number of nitrogens with zero attached hydrogens (tertiary/aromatic N) is 1. The molecular weight excluding hydrogens is 206 g/mol. The van der Waals surface area contributed by atoms with Gasteiger partial charge in [0.1, 0.15) is 0 Å². The van der Waals surface area contributed by atoms with Crippen molar-refractivity contribution in [2.45, 2.75) is 33.1 Å². The number of rotatable bonds is 4. The number of benzene rings is 1. The summed E-state index contributed by atoms with van der Waals surface area (Å²) in [5, 5.41) is 0. The summed E-state index contributed by atoms with van der Waals surface area (Å²) in [6, 6.07) is 11.0. The minimum Gasteiger partial charge on any atom is -0.302 e. The number of hydrogen-bond donors (Lipinski definition) is 0. The summed E-state index contributed by atoms with van der Waals surface area (Å²) in [5.41, 5.74) is 1.52. The lowest BCUT2D eigenvalue weighted by Crippen LogP contribution is -2.28. The first kappa shape index (κ1) is 12.6. The molecule has 17 heavy (non-hydrogen) atoms. The van der Waals surface area contributed by atoms with E-state index in [9.17, 15) is 0 Å². The van der Waals surface area contributed by atoms with Gasteiger partial charge in [-0.1, -0.05) is 51.1 Å². The second-order valence-corrected chi connectivity index (χ2v) is 5.88. The summed E-state index contributed by atoms with van der Waals surface area (Å²) >= 11 is 0. The van der Waals surface area contributed by atoms with Crippen LogP contribution in [0.2, 0.25) is 0 Å². The third kappa shape index (κ3) is 3.32. The predicted molar refractivity (Wildman–Crippen MR) is 74.2 cm³/mol. The SMILES string of the molecule is CC(C)C(C)CN1CCC(c2ccccc2)C1. The van der Waals surface area contributed by atoms with E-state index in [4.69, 9.17) is 0 Å². The Kier molecular flexibility index (Phi) is 4.22. The van der Waals surface area contributed by atoms with Gasteiger partial charge < -0.3 is 4.90 Å². The van der Waals surface area contributed by atoms with Crippen LogP contribution in [0.3, 0.4) is 0 Å². The molecule has 0 saturated carbocycles. The Morgan fingerprint density at radius 2 is 1.88 bits per heavy atom. The van der Waals surface area contributed by atoms with Crippen molar-refractivity contribution in [2.24, 2.45) is 11.8 Å². The van der Waals surface area contributed by atoms with Crippen LogP contribution in [0.1, 0.15) is 38.7 Å². The molecule has 2 atom stereocenters. The molecule has 0 spiro atoms. The second kappa shape index (κ2) is 5.68. The van der Waals surface area contributed by atoms with Crippen molar-refractivity contribution in [3.63, 3.8) is 0 Å². The van der Waals surface area contributed by atoms with E-state index in [1.807, 2.05) is 0 Å². The van der Waals surface area contributed by atoms with E-state index in [0.717, 1.165) is 17.8 Å². The van der Waals surface area contributed by atoms with Gasteiger partial charge in [0.25, 0.3) is 0 Å². The van der Waals surface area contributed by atoms with E-state index in [1.165, 1.54) is 31.6 Å². The molecule has 94 valence electrons. The zero-order valence-corrected chi connectivity index (χ0v) is 11.4. The normalized spacial score (nSPS) is 23.2. The topological polar surface area (TPSA) is 3.24 Å². The highest BCUT2D eigenvalue weighted by atomic mass is 15.1. The van der Waals surface area contributed by atoms with Crippen molar-refractivity contribution in [1.29, 1.82) is 0 Å². The van der Waals surface area contributed by atoms with E-state index in [2.05, 4.69) is 56.0 Å². The molecule has 1 fully saturated rings. The molecule has 1 aliphatic heterocycles. The molecule has 0 aliphatic carbocycles. The first-order valence-electron chi connectivity index (χ1n) is 6.94. The minimum atomic E-state index is 0.760. The zero-order chi connectivity index (χ0) is 12.3. The maximum atomic E-state index is 2.64. The molecule has 1 aromatic carbocycles. The van der Waals surface area contributed by atoms with E-state index in [1.54, 1.807) is 0 Å². The Labute approximate surface area is 106 Å². The Bertz CT molecular complexity index is 331. The Hall–Kier alpha value is -0.820. The van der Waals surface area contributed by atoms with Crippen LogP contribution in [0.15, 0.2) is 30.3 Å². The van der Waals surface area contributed by atoms with Crippen LogP contribution in [0.4, 0.5) is 0 Å². The average molecular weight is 231 g/mol. The van der Waals surface area contributed by atoms with Crippen molar-refractivity contribution in [2.75, 3.05) is 19.6 Å². The molecule has 1 aliphatic rings. The molecule has 0 radical (unpaired) electrons. The van der Waals surface area contributed by atoms with E-state index >= 15 is 0 Å². The highest BCUT2D eigenvalue weighted by Gasteiger charge is 2.25. The molecule has 0 N–H and O–H groups in total. The summed E-state index contributed by atoms with van der Waals surface area (Å²) in [4.78, 5) is 2.64. The van der Waals surface area contributed by atoms with Gasteiger partial charge in [-0.25, -0.2) is 0 Å². The Balaban J connectivity index is 1.88. The van der Waals surface area contributed by atoms with Crippen molar-refractivity contribution in [1.82, 2.24) is 4.90 Å². The van der Waals surface area contributed by atoms with Gasteiger partial charge in [0.15, 0.2) is 0 Å². The van der Waals surface area contributed by atoms with Crippen LogP contribution in [-0.2, 0) is 0 Å². The Morgan fingerprint density at radius 1 is 1.18 bits per heavy atom. The summed E-state index contributed by atoms with van der Waals surface area (Å²) in [6.07, 6.45) is 1.33. The number of hydrogen-bond acceptors (Lipinski definition) is 1. The summed E-state index contributed by atoms with van der Waals surface area (Å²) in [6.45, 7) is 10.8. The van der Waals surface area contributed by atoms with Gasteiger partial charge in [-0.2, -0.15) is 0 Å². The minimum absolute atomic E-state index is 0.760. The Morgan fingerprint density at radius 3 is 2.53 bits per heavy atom. The molecule has 1 nitrogen and oxygen atoms in total. The van der Waals surface area contributed by atoms with Gasteiger partial charge >= 0.3 is 0 Å². The van der Waals surface area contributed by atoms with Gasteiger partial charge in [0, 0.05) is 13.1 Å². The van der Waals surface area contributed by atoms with Gasteiger partial charge in [-0.3, -0.25) is 0 Å². The molecule has 2 unspecified atom stereocenters. The fourth-order valence-corrected chi connectivity index (χ4v) is 2.61. The summed E-state index contributed by atoms with van der Waals surface area (Å²) in [7, 11) is 0. The molecule has 0 amide bonds. The monoisotopic (exact) mass is 231 g/mol. The van der Waals surface area contributed by atoms with E-state index in [0.29, 0.717) is 0 Å². The maximum absolute atomic E-state index is 2.64. The van der Waals surface area contributed by atoms with Crippen LogP contribution < -0.4 is 0 Å². The van der Waals surface area contributed by atoms with Crippen LogP contribution in [0, 0.1) is 11.8 Å². The molecule has 0 bridgehead atoms. The third-order valence-corrected chi connectivity index (χ3v) is 4.23. The number of likely N-dealkylation sites (tertiary alicyclic amines) is 1. The second-order valence-electron chi connectivity index (χ2n) is 5.88.